The predicted molar refractivity (Wildman–Crippen MR) is 97.1 cm³/mol. The van der Waals surface area contributed by atoms with Gasteiger partial charge in [0.1, 0.15) is 6.10 Å². The summed E-state index contributed by atoms with van der Waals surface area (Å²) in [7, 11) is 0. The molecule has 2 fully saturated rings. The second-order valence-electron chi connectivity index (χ2n) is 6.31. The number of hydrogen-bond acceptors (Lipinski definition) is 4. The van der Waals surface area contributed by atoms with Crippen molar-refractivity contribution in [1.82, 2.24) is 9.80 Å². The molecule has 0 aliphatic carbocycles. The molecule has 2 aliphatic heterocycles. The molecule has 2 aliphatic rings. The van der Waals surface area contributed by atoms with Crippen molar-refractivity contribution >= 4 is 40.7 Å². The van der Waals surface area contributed by atoms with E-state index in [1.165, 1.54) is 0 Å². The van der Waals surface area contributed by atoms with Gasteiger partial charge in [0.2, 0.25) is 5.91 Å². The van der Waals surface area contributed by atoms with Crippen LogP contribution in [-0.2, 0) is 14.3 Å². The van der Waals surface area contributed by atoms with Crippen LogP contribution in [0, 0.1) is 0 Å². The molecule has 1 aromatic carbocycles. The number of piperazine rings is 1. The highest BCUT2D eigenvalue weighted by molar-refractivity contribution is 6.35. The summed E-state index contributed by atoms with van der Waals surface area (Å²) in [6.45, 7) is 3.52. The lowest BCUT2D eigenvalue weighted by Gasteiger charge is -2.35. The summed E-state index contributed by atoms with van der Waals surface area (Å²) in [6.07, 6.45) is 1.48. The first-order valence-electron chi connectivity index (χ1n) is 8.40. The van der Waals surface area contributed by atoms with E-state index in [1.54, 1.807) is 18.2 Å². The zero-order valence-electron chi connectivity index (χ0n) is 13.8. The number of hydrogen-bond donors (Lipinski definition) is 1. The number of amides is 2. The zero-order chi connectivity index (χ0) is 17.8. The molecule has 0 unspecified atom stereocenters. The highest BCUT2D eigenvalue weighted by Gasteiger charge is 2.30. The smallest absolute Gasteiger partial charge is 0.251 e. The Hall–Kier alpha value is -1.34. The molecule has 1 N–H and O–H groups in total. The zero-order valence-corrected chi connectivity index (χ0v) is 15.4. The molecule has 1 atom stereocenters. The minimum absolute atomic E-state index is 0.0789. The van der Waals surface area contributed by atoms with E-state index < -0.39 is 0 Å². The van der Waals surface area contributed by atoms with Crippen LogP contribution in [0.3, 0.4) is 0 Å². The van der Waals surface area contributed by atoms with Gasteiger partial charge in [-0.15, -0.1) is 0 Å². The van der Waals surface area contributed by atoms with E-state index in [9.17, 15) is 9.59 Å². The third kappa shape index (κ3) is 5.07. The summed E-state index contributed by atoms with van der Waals surface area (Å²) < 4.78 is 5.45. The van der Waals surface area contributed by atoms with Crippen LogP contribution >= 0.6 is 23.2 Å². The van der Waals surface area contributed by atoms with Gasteiger partial charge in [0.05, 0.1) is 6.54 Å². The SMILES string of the molecule is O=C(CN1CCN(C(=O)[C@H]2CCCO2)CC1)Nc1cc(Cl)cc(Cl)c1. The lowest BCUT2D eigenvalue weighted by atomic mass is 10.2. The van der Waals surface area contributed by atoms with Gasteiger partial charge in [0.15, 0.2) is 0 Å². The maximum Gasteiger partial charge on any atom is 0.251 e. The van der Waals surface area contributed by atoms with Gasteiger partial charge in [-0.05, 0) is 31.0 Å². The minimum atomic E-state index is -0.276. The van der Waals surface area contributed by atoms with Crippen molar-refractivity contribution in [1.29, 1.82) is 0 Å². The van der Waals surface area contributed by atoms with Crippen LogP contribution in [-0.4, -0.2) is 67.0 Å². The highest BCUT2D eigenvalue weighted by Crippen LogP contribution is 2.22. The Morgan fingerprint density at radius 2 is 1.80 bits per heavy atom. The first-order valence-corrected chi connectivity index (χ1v) is 9.15. The lowest BCUT2D eigenvalue weighted by molar-refractivity contribution is -0.142. The van der Waals surface area contributed by atoms with E-state index in [0.29, 0.717) is 48.5 Å². The molecule has 6 nitrogen and oxygen atoms in total. The normalized spacial score (nSPS) is 21.4. The minimum Gasteiger partial charge on any atom is -0.368 e. The molecule has 8 heteroatoms. The van der Waals surface area contributed by atoms with Gasteiger partial charge >= 0.3 is 0 Å². The number of benzene rings is 1. The van der Waals surface area contributed by atoms with Crippen LogP contribution in [0.15, 0.2) is 18.2 Å². The molecule has 1 aromatic rings. The van der Waals surface area contributed by atoms with E-state index in [0.717, 1.165) is 12.8 Å². The van der Waals surface area contributed by atoms with Crippen molar-refractivity contribution in [3.63, 3.8) is 0 Å². The van der Waals surface area contributed by atoms with Crippen LogP contribution in [0.1, 0.15) is 12.8 Å². The molecular weight excluding hydrogens is 365 g/mol. The summed E-state index contributed by atoms with van der Waals surface area (Å²) in [6, 6.07) is 4.93. The van der Waals surface area contributed by atoms with Crippen LogP contribution in [0.2, 0.25) is 10.0 Å². The third-order valence-electron chi connectivity index (χ3n) is 4.40. The monoisotopic (exact) mass is 385 g/mol. The topological polar surface area (TPSA) is 61.9 Å². The number of carbonyl (C=O) groups excluding carboxylic acids is 2. The van der Waals surface area contributed by atoms with Gasteiger partial charge in [0, 0.05) is 48.5 Å². The average molecular weight is 386 g/mol. The summed E-state index contributed by atoms with van der Waals surface area (Å²) >= 11 is 11.9. The number of rotatable bonds is 4. The van der Waals surface area contributed by atoms with E-state index in [2.05, 4.69) is 5.32 Å². The Kier molecular flexibility index (Phi) is 6.17. The molecule has 2 saturated heterocycles. The number of anilines is 1. The quantitative estimate of drug-likeness (QED) is 0.863. The van der Waals surface area contributed by atoms with Crippen molar-refractivity contribution in [3.05, 3.63) is 28.2 Å². The van der Waals surface area contributed by atoms with Crippen molar-refractivity contribution < 1.29 is 14.3 Å². The number of carbonyl (C=O) groups is 2. The van der Waals surface area contributed by atoms with Gasteiger partial charge in [-0.3, -0.25) is 14.5 Å². The fraction of sp³-hybridized carbons (Fsp3) is 0.529. The Labute approximate surface area is 157 Å². The van der Waals surface area contributed by atoms with E-state index in [1.807, 2.05) is 9.80 Å². The summed E-state index contributed by atoms with van der Waals surface area (Å²) in [5, 5.41) is 3.75. The molecular formula is C17H21Cl2N3O3. The maximum atomic E-state index is 12.3. The molecule has 25 heavy (non-hydrogen) atoms. The first kappa shape index (κ1) is 18.5. The lowest BCUT2D eigenvalue weighted by Crippen LogP contribution is -2.52. The maximum absolute atomic E-state index is 12.3. The molecule has 0 bridgehead atoms. The van der Waals surface area contributed by atoms with E-state index >= 15 is 0 Å². The largest absolute Gasteiger partial charge is 0.368 e. The van der Waals surface area contributed by atoms with Crippen LogP contribution in [0.5, 0.6) is 0 Å². The molecule has 136 valence electrons. The molecule has 2 amide bonds. The van der Waals surface area contributed by atoms with Crippen LogP contribution < -0.4 is 5.32 Å². The van der Waals surface area contributed by atoms with Crippen molar-refractivity contribution in [3.8, 4) is 0 Å². The molecule has 0 radical (unpaired) electrons. The van der Waals surface area contributed by atoms with E-state index in [4.69, 9.17) is 27.9 Å². The number of nitrogens with zero attached hydrogens (tertiary/aromatic N) is 2. The standard InChI is InChI=1S/C17H21Cl2N3O3/c18-12-8-13(19)10-14(9-12)20-16(23)11-21-3-5-22(6-4-21)17(24)15-2-1-7-25-15/h8-10,15H,1-7,11H2,(H,20,23)/t15-/m1/s1. The first-order chi connectivity index (χ1) is 12.0. The van der Waals surface area contributed by atoms with Gasteiger partial charge in [-0.25, -0.2) is 0 Å². The Morgan fingerprint density at radius 1 is 1.12 bits per heavy atom. The van der Waals surface area contributed by atoms with Crippen molar-refractivity contribution in [2.45, 2.75) is 18.9 Å². The Balaban J connectivity index is 1.45. The molecule has 0 aromatic heterocycles. The van der Waals surface area contributed by atoms with Crippen LogP contribution in [0.25, 0.3) is 0 Å². The van der Waals surface area contributed by atoms with E-state index in [-0.39, 0.29) is 24.5 Å². The van der Waals surface area contributed by atoms with Gasteiger partial charge in [-0.2, -0.15) is 0 Å². The van der Waals surface area contributed by atoms with Crippen molar-refractivity contribution in [2.24, 2.45) is 0 Å². The third-order valence-corrected chi connectivity index (χ3v) is 4.84. The van der Waals surface area contributed by atoms with Gasteiger partial charge in [-0.1, -0.05) is 23.2 Å². The molecule has 2 heterocycles. The summed E-state index contributed by atoms with van der Waals surface area (Å²) in [5.41, 5.74) is 0.578. The fourth-order valence-corrected chi connectivity index (χ4v) is 3.66. The molecule has 0 spiro atoms. The number of halogens is 2. The predicted octanol–water partition coefficient (Wildman–Crippen LogP) is 2.26. The highest BCUT2D eigenvalue weighted by atomic mass is 35.5. The Morgan fingerprint density at radius 3 is 2.40 bits per heavy atom. The second-order valence-corrected chi connectivity index (χ2v) is 7.18. The summed E-state index contributed by atoms with van der Waals surface area (Å²) in [5.74, 6) is -0.0487. The molecule has 0 saturated carbocycles. The number of nitrogens with one attached hydrogen (secondary N) is 1. The number of ether oxygens (including phenoxy) is 1. The summed E-state index contributed by atoms with van der Waals surface area (Å²) in [4.78, 5) is 28.4. The second kappa shape index (κ2) is 8.36. The van der Waals surface area contributed by atoms with Gasteiger partial charge < -0.3 is 15.0 Å². The average Bonchev–Trinajstić information content (AvgIpc) is 3.08. The van der Waals surface area contributed by atoms with Gasteiger partial charge in [0.25, 0.3) is 5.91 Å². The van der Waals surface area contributed by atoms with Crippen LogP contribution in [0.4, 0.5) is 5.69 Å². The Bertz CT molecular complexity index is 622. The fourth-order valence-electron chi connectivity index (χ4n) is 3.13. The molecule has 3 rings (SSSR count). The van der Waals surface area contributed by atoms with Crippen molar-refractivity contribution in [2.75, 3.05) is 44.6 Å².